The van der Waals surface area contributed by atoms with E-state index in [0.717, 1.165) is 66.6 Å². The quantitative estimate of drug-likeness (QED) is 0.195. The Balaban J connectivity index is 1.14. The molecule has 0 N–H and O–H groups in total. The van der Waals surface area contributed by atoms with E-state index >= 15 is 0 Å². The zero-order chi connectivity index (χ0) is 32.5. The summed E-state index contributed by atoms with van der Waals surface area (Å²) in [5, 5.41) is 7.25. The average molecular weight is 627 g/mol. The van der Waals surface area contributed by atoms with Crippen molar-refractivity contribution in [2.24, 2.45) is 0 Å². The predicted octanol–water partition coefficient (Wildman–Crippen LogP) is 12.5. The Bertz CT molecular complexity index is 2880. The first-order valence-electron chi connectivity index (χ1n) is 16.7. The molecule has 0 amide bonds. The van der Waals surface area contributed by atoms with Crippen LogP contribution in [0.5, 0.6) is 0 Å². The van der Waals surface area contributed by atoms with E-state index in [2.05, 4.69) is 157 Å². The second kappa shape index (κ2) is 10.8. The molecule has 0 bridgehead atoms. The van der Waals surface area contributed by atoms with Crippen molar-refractivity contribution in [3.8, 4) is 39.2 Å². The predicted molar refractivity (Wildman–Crippen MR) is 204 cm³/mol. The fraction of sp³-hybridized carbons (Fsp3) is 0.0217. The fourth-order valence-electron chi connectivity index (χ4n) is 7.69. The maximum Gasteiger partial charge on any atom is 0.143 e. The van der Waals surface area contributed by atoms with Crippen LogP contribution in [0.3, 0.4) is 0 Å². The van der Waals surface area contributed by atoms with E-state index in [-0.39, 0.29) is 0 Å². The molecule has 0 saturated carbocycles. The van der Waals surface area contributed by atoms with Crippen LogP contribution in [-0.4, -0.2) is 9.55 Å². The van der Waals surface area contributed by atoms with Crippen LogP contribution in [0.4, 0.5) is 0 Å². The van der Waals surface area contributed by atoms with Gasteiger partial charge in [-0.3, -0.25) is 4.57 Å². The Hall–Kier alpha value is -6.45. The van der Waals surface area contributed by atoms with Crippen LogP contribution in [-0.2, 0) is 0 Å². The van der Waals surface area contributed by atoms with Gasteiger partial charge in [0.2, 0.25) is 0 Å². The summed E-state index contributed by atoms with van der Waals surface area (Å²) in [6.45, 7) is 2.19. The van der Waals surface area contributed by atoms with Gasteiger partial charge >= 0.3 is 0 Å². The molecule has 0 atom stereocenters. The molecule has 0 aliphatic rings. The highest BCUT2D eigenvalue weighted by Crippen LogP contribution is 2.41. The molecule has 0 unspecified atom stereocenters. The number of rotatable bonds is 4. The molecule has 230 valence electrons. The van der Waals surface area contributed by atoms with Crippen LogP contribution in [0.15, 0.2) is 168 Å². The topological polar surface area (TPSA) is 31.0 Å². The van der Waals surface area contributed by atoms with Crippen LogP contribution in [0.1, 0.15) is 5.56 Å². The lowest BCUT2D eigenvalue weighted by atomic mass is 9.97. The van der Waals surface area contributed by atoms with Crippen LogP contribution < -0.4 is 0 Å². The minimum absolute atomic E-state index is 0.912. The molecule has 0 radical (unpaired) electrons. The number of nitrogens with zero attached hydrogens (tertiary/aromatic N) is 2. The maximum absolute atomic E-state index is 6.35. The maximum atomic E-state index is 6.35. The van der Waals surface area contributed by atoms with Gasteiger partial charge in [-0.2, -0.15) is 0 Å². The second-order valence-corrected chi connectivity index (χ2v) is 12.8. The number of furan rings is 1. The third-order valence-electron chi connectivity index (χ3n) is 10.1. The number of hydrogen-bond acceptors (Lipinski definition) is 2. The molecule has 3 nitrogen and oxygen atoms in total. The minimum Gasteiger partial charge on any atom is -0.455 e. The first-order valence-corrected chi connectivity index (χ1v) is 16.7. The smallest absolute Gasteiger partial charge is 0.143 e. The van der Waals surface area contributed by atoms with Crippen molar-refractivity contribution >= 4 is 54.5 Å². The Morgan fingerprint density at radius 2 is 1.20 bits per heavy atom. The number of benzene rings is 7. The van der Waals surface area contributed by atoms with Crippen LogP contribution in [0.25, 0.3) is 93.7 Å². The first-order chi connectivity index (χ1) is 24.2. The van der Waals surface area contributed by atoms with Gasteiger partial charge in [0, 0.05) is 38.9 Å². The van der Waals surface area contributed by atoms with Crippen LogP contribution in [0.2, 0.25) is 0 Å². The van der Waals surface area contributed by atoms with Gasteiger partial charge in [-0.1, -0.05) is 133 Å². The molecule has 3 aromatic heterocycles. The van der Waals surface area contributed by atoms with Gasteiger partial charge in [0.05, 0.1) is 11.0 Å². The van der Waals surface area contributed by atoms with E-state index in [9.17, 15) is 0 Å². The van der Waals surface area contributed by atoms with Crippen molar-refractivity contribution in [3.63, 3.8) is 0 Å². The number of aromatic nitrogens is 2. The molecule has 3 heteroatoms. The molecule has 3 heterocycles. The van der Waals surface area contributed by atoms with E-state index < -0.39 is 0 Å². The van der Waals surface area contributed by atoms with Gasteiger partial charge in [-0.05, 0) is 69.8 Å². The highest BCUT2D eigenvalue weighted by Gasteiger charge is 2.19. The monoisotopic (exact) mass is 626 g/mol. The summed E-state index contributed by atoms with van der Waals surface area (Å²) in [5.41, 5.74) is 12.2. The van der Waals surface area contributed by atoms with Gasteiger partial charge in [0.1, 0.15) is 17.0 Å². The number of pyridine rings is 1. The summed E-state index contributed by atoms with van der Waals surface area (Å²) < 4.78 is 8.71. The minimum atomic E-state index is 0.912. The van der Waals surface area contributed by atoms with Crippen molar-refractivity contribution in [1.29, 1.82) is 0 Å². The van der Waals surface area contributed by atoms with Crippen molar-refractivity contribution in [1.82, 2.24) is 9.55 Å². The Kier molecular flexibility index (Phi) is 6.09. The van der Waals surface area contributed by atoms with E-state index in [4.69, 9.17) is 9.40 Å². The van der Waals surface area contributed by atoms with E-state index in [1.54, 1.807) is 0 Å². The molecule has 49 heavy (non-hydrogen) atoms. The van der Waals surface area contributed by atoms with Gasteiger partial charge in [0.25, 0.3) is 0 Å². The second-order valence-electron chi connectivity index (χ2n) is 12.8. The molecule has 10 rings (SSSR count). The number of fused-ring (bicyclic) bond motifs is 8. The molecule has 10 aromatic rings. The van der Waals surface area contributed by atoms with Gasteiger partial charge in [-0.25, -0.2) is 4.98 Å². The summed E-state index contributed by atoms with van der Waals surface area (Å²) in [7, 11) is 0. The van der Waals surface area contributed by atoms with Crippen molar-refractivity contribution in [2.75, 3.05) is 0 Å². The summed E-state index contributed by atoms with van der Waals surface area (Å²) in [6, 6.07) is 56.2. The summed E-state index contributed by atoms with van der Waals surface area (Å²) >= 11 is 0. The number of hydrogen-bond donors (Lipinski definition) is 0. The lowest BCUT2D eigenvalue weighted by Crippen LogP contribution is -2.02. The first kappa shape index (κ1) is 27.6. The highest BCUT2D eigenvalue weighted by molar-refractivity contribution is 6.21. The third kappa shape index (κ3) is 4.26. The van der Waals surface area contributed by atoms with Crippen LogP contribution in [0, 0.1) is 6.92 Å². The molecular formula is C46H30N2O. The van der Waals surface area contributed by atoms with Gasteiger partial charge in [0.15, 0.2) is 0 Å². The summed E-state index contributed by atoms with van der Waals surface area (Å²) in [5.74, 6) is 0.939. The zero-order valence-corrected chi connectivity index (χ0v) is 26.9. The van der Waals surface area contributed by atoms with Crippen molar-refractivity contribution in [3.05, 3.63) is 169 Å². The molecule has 0 saturated heterocycles. The summed E-state index contributed by atoms with van der Waals surface area (Å²) in [4.78, 5) is 5.06. The Labute approximate surface area is 283 Å². The lowest BCUT2D eigenvalue weighted by Gasteiger charge is -2.15. The average Bonchev–Trinajstić information content (AvgIpc) is 3.71. The molecule has 7 aromatic carbocycles. The normalized spacial score (nSPS) is 11.8. The molecule has 0 spiro atoms. The van der Waals surface area contributed by atoms with Crippen molar-refractivity contribution < 1.29 is 4.42 Å². The van der Waals surface area contributed by atoms with Gasteiger partial charge < -0.3 is 4.42 Å². The van der Waals surface area contributed by atoms with Crippen LogP contribution >= 0.6 is 0 Å². The van der Waals surface area contributed by atoms with E-state index in [1.807, 2.05) is 18.3 Å². The Morgan fingerprint density at radius 3 is 2.06 bits per heavy atom. The number of para-hydroxylation sites is 2. The molecule has 0 fully saturated rings. The van der Waals surface area contributed by atoms with E-state index in [0.29, 0.717) is 0 Å². The molecule has 0 aliphatic carbocycles. The zero-order valence-electron chi connectivity index (χ0n) is 26.9. The fourth-order valence-corrected chi connectivity index (χ4v) is 7.69. The van der Waals surface area contributed by atoms with Crippen molar-refractivity contribution in [2.45, 2.75) is 6.92 Å². The van der Waals surface area contributed by atoms with E-state index in [1.165, 1.54) is 32.7 Å². The largest absolute Gasteiger partial charge is 0.455 e. The lowest BCUT2D eigenvalue weighted by molar-refractivity contribution is 0.670. The summed E-state index contributed by atoms with van der Waals surface area (Å²) in [6.07, 6.45) is 1.94. The SMILES string of the molecule is Cc1c(-c2ccc(-c3cccc4c3oc3ccccc34)cc2)ccnc1-n1c2cc(-c3ccccc3)ccc2c2c3ccccc3ccc21. The Morgan fingerprint density at radius 1 is 0.490 bits per heavy atom. The third-order valence-corrected chi connectivity index (χ3v) is 10.1. The van der Waals surface area contributed by atoms with Gasteiger partial charge in [-0.15, -0.1) is 0 Å². The standard InChI is InChI=1S/C46H30N2O/c1-29-35(32-18-20-33(21-19-32)37-15-9-16-39-38-14-7-8-17-43(38)49-45(37)39)26-27-47-46(29)48-41-25-23-31-12-5-6-13-36(31)44(41)40-24-22-34(28-42(40)48)30-10-3-2-4-11-30/h2-28H,1H3. The highest BCUT2D eigenvalue weighted by atomic mass is 16.3. The molecule has 0 aliphatic heterocycles. The molecular weight excluding hydrogens is 597 g/mol.